The van der Waals surface area contributed by atoms with Gasteiger partial charge < -0.3 is 9.88 Å². The molecule has 1 aliphatic rings. The van der Waals surface area contributed by atoms with Crippen molar-refractivity contribution in [2.75, 3.05) is 13.1 Å². The number of halogens is 2. The van der Waals surface area contributed by atoms with E-state index in [0.717, 1.165) is 12.8 Å². The Balaban J connectivity index is 1.62. The quantitative estimate of drug-likeness (QED) is 0.639. The number of hydrogen-bond acceptors (Lipinski definition) is 1. The van der Waals surface area contributed by atoms with Crippen LogP contribution >= 0.6 is 23.2 Å². The molecule has 0 radical (unpaired) electrons. The van der Waals surface area contributed by atoms with E-state index in [9.17, 15) is 4.79 Å². The van der Waals surface area contributed by atoms with Crippen molar-refractivity contribution in [1.29, 1.82) is 0 Å². The Morgan fingerprint density at radius 1 is 1.08 bits per heavy atom. The number of hydrogen-bond donors (Lipinski definition) is 1. The zero-order valence-corrected chi connectivity index (χ0v) is 15.4. The highest BCUT2D eigenvalue weighted by atomic mass is 35.5. The predicted molar refractivity (Wildman–Crippen MR) is 103 cm³/mol. The molecule has 5 heteroatoms. The van der Waals surface area contributed by atoms with Crippen molar-refractivity contribution in [3.63, 3.8) is 0 Å². The number of carbonyl (C=O) groups is 1. The maximum absolute atomic E-state index is 12.9. The number of fused-ring (bicyclic) bond motifs is 3. The molecule has 0 saturated carbocycles. The highest BCUT2D eigenvalue weighted by Gasteiger charge is 2.23. The molecule has 1 aliphatic heterocycles. The molecule has 0 bridgehead atoms. The van der Waals surface area contributed by atoms with E-state index in [2.05, 4.69) is 30.1 Å². The molecule has 2 aromatic carbocycles. The van der Waals surface area contributed by atoms with Gasteiger partial charge in [-0.15, -0.1) is 0 Å². The van der Waals surface area contributed by atoms with Crippen LogP contribution in [-0.2, 0) is 12.8 Å². The Labute approximate surface area is 156 Å². The zero-order chi connectivity index (χ0) is 17.6. The molecule has 1 aromatic heterocycles. The first kappa shape index (κ1) is 16.5. The lowest BCUT2D eigenvalue weighted by molar-refractivity contribution is 0.0763. The fourth-order valence-electron chi connectivity index (χ4n) is 3.56. The van der Waals surface area contributed by atoms with E-state index in [1.54, 1.807) is 18.2 Å². The van der Waals surface area contributed by atoms with Crippen LogP contribution in [0.3, 0.4) is 0 Å². The number of aryl methyl sites for hydroxylation is 1. The molecule has 0 saturated heterocycles. The largest absolute Gasteiger partial charge is 0.358 e. The van der Waals surface area contributed by atoms with Crippen LogP contribution in [0.1, 0.15) is 27.2 Å². The Morgan fingerprint density at radius 2 is 1.88 bits per heavy atom. The lowest BCUT2D eigenvalue weighted by atomic mass is 10.1. The number of H-pyrrole nitrogens is 1. The first-order valence-corrected chi connectivity index (χ1v) is 9.13. The van der Waals surface area contributed by atoms with Crippen LogP contribution in [0, 0.1) is 6.92 Å². The zero-order valence-electron chi connectivity index (χ0n) is 13.9. The average molecular weight is 373 g/mol. The fourth-order valence-corrected chi connectivity index (χ4v) is 3.93. The molecule has 0 fully saturated rings. The summed E-state index contributed by atoms with van der Waals surface area (Å²) in [5, 5.41) is 2.23. The van der Waals surface area contributed by atoms with Gasteiger partial charge in [-0.25, -0.2) is 0 Å². The van der Waals surface area contributed by atoms with Crippen molar-refractivity contribution in [2.45, 2.75) is 19.8 Å². The van der Waals surface area contributed by atoms with Crippen LogP contribution in [0.25, 0.3) is 10.9 Å². The second kappa shape index (κ2) is 6.40. The van der Waals surface area contributed by atoms with Crippen molar-refractivity contribution in [3.05, 3.63) is 68.8 Å². The number of nitrogens with zero attached hydrogens (tertiary/aromatic N) is 1. The molecule has 0 atom stereocenters. The number of carbonyl (C=O) groups excluding carboxylic acids is 1. The second-order valence-electron chi connectivity index (χ2n) is 6.55. The van der Waals surface area contributed by atoms with E-state index in [4.69, 9.17) is 23.2 Å². The lowest BCUT2D eigenvalue weighted by Crippen LogP contribution is -2.33. The maximum atomic E-state index is 12.9. The highest BCUT2D eigenvalue weighted by Crippen LogP contribution is 2.28. The highest BCUT2D eigenvalue weighted by molar-refractivity contribution is 6.35. The standard InChI is InChI=1S/C20H18Cl2N2O/c1-12-2-5-18-15(10-12)14-6-8-24(9-7-19(14)23-18)20(25)16-11-13(21)3-4-17(16)22/h2-5,10-11,23H,6-9H2,1H3. The number of amides is 1. The summed E-state index contributed by atoms with van der Waals surface area (Å²) in [6, 6.07) is 11.5. The first-order valence-electron chi connectivity index (χ1n) is 8.37. The van der Waals surface area contributed by atoms with Gasteiger partial charge in [-0.2, -0.15) is 0 Å². The molecule has 0 spiro atoms. The molecular weight excluding hydrogens is 355 g/mol. The molecule has 1 N–H and O–H groups in total. The van der Waals surface area contributed by atoms with Crippen LogP contribution < -0.4 is 0 Å². The fraction of sp³-hybridized carbons (Fsp3) is 0.250. The van der Waals surface area contributed by atoms with E-state index < -0.39 is 0 Å². The van der Waals surface area contributed by atoms with Crippen molar-refractivity contribution >= 4 is 40.0 Å². The van der Waals surface area contributed by atoms with E-state index in [-0.39, 0.29) is 5.91 Å². The van der Waals surface area contributed by atoms with Crippen LogP contribution in [0.2, 0.25) is 10.0 Å². The number of nitrogens with one attached hydrogen (secondary N) is 1. The molecule has 3 nitrogen and oxygen atoms in total. The van der Waals surface area contributed by atoms with Gasteiger partial charge in [0.25, 0.3) is 5.91 Å². The van der Waals surface area contributed by atoms with Gasteiger partial charge in [-0.05, 0) is 49.2 Å². The van der Waals surface area contributed by atoms with Crippen molar-refractivity contribution < 1.29 is 4.79 Å². The molecule has 25 heavy (non-hydrogen) atoms. The van der Waals surface area contributed by atoms with Gasteiger partial charge >= 0.3 is 0 Å². The number of benzene rings is 2. The van der Waals surface area contributed by atoms with Crippen LogP contribution in [0.15, 0.2) is 36.4 Å². The molecule has 0 unspecified atom stereocenters. The summed E-state index contributed by atoms with van der Waals surface area (Å²) >= 11 is 12.2. The Kier molecular flexibility index (Phi) is 4.22. The van der Waals surface area contributed by atoms with E-state index >= 15 is 0 Å². The molecule has 1 amide bonds. The van der Waals surface area contributed by atoms with Crippen molar-refractivity contribution in [2.24, 2.45) is 0 Å². The molecule has 0 aliphatic carbocycles. The average Bonchev–Trinajstić information content (AvgIpc) is 2.80. The van der Waals surface area contributed by atoms with Gasteiger partial charge in [0.05, 0.1) is 10.6 Å². The minimum Gasteiger partial charge on any atom is -0.358 e. The number of rotatable bonds is 1. The van der Waals surface area contributed by atoms with E-state index in [0.29, 0.717) is 28.7 Å². The Bertz CT molecular complexity index is 977. The summed E-state index contributed by atoms with van der Waals surface area (Å²) in [6.07, 6.45) is 1.65. The van der Waals surface area contributed by atoms with Crippen LogP contribution in [-0.4, -0.2) is 28.9 Å². The third-order valence-electron chi connectivity index (χ3n) is 4.86. The second-order valence-corrected chi connectivity index (χ2v) is 7.39. The number of aromatic nitrogens is 1. The van der Waals surface area contributed by atoms with E-state index in [1.807, 2.05) is 4.90 Å². The summed E-state index contributed by atoms with van der Waals surface area (Å²) in [6.45, 7) is 3.45. The Hall–Kier alpha value is -1.97. The van der Waals surface area contributed by atoms with Crippen molar-refractivity contribution in [3.8, 4) is 0 Å². The molecular formula is C20H18Cl2N2O. The molecule has 3 aromatic rings. The normalized spacial score (nSPS) is 14.4. The Morgan fingerprint density at radius 3 is 2.72 bits per heavy atom. The van der Waals surface area contributed by atoms with Gasteiger partial charge in [0, 0.05) is 41.1 Å². The van der Waals surface area contributed by atoms with Crippen molar-refractivity contribution in [1.82, 2.24) is 9.88 Å². The first-order chi connectivity index (χ1) is 12.0. The third kappa shape index (κ3) is 3.03. The van der Waals surface area contributed by atoms with Crippen LogP contribution in [0.4, 0.5) is 0 Å². The summed E-state index contributed by atoms with van der Waals surface area (Å²) in [5.41, 5.74) is 5.45. The smallest absolute Gasteiger partial charge is 0.255 e. The third-order valence-corrected chi connectivity index (χ3v) is 5.42. The summed E-state index contributed by atoms with van der Waals surface area (Å²) in [5.74, 6) is -0.0573. The van der Waals surface area contributed by atoms with Crippen LogP contribution in [0.5, 0.6) is 0 Å². The topological polar surface area (TPSA) is 36.1 Å². The molecule has 2 heterocycles. The summed E-state index contributed by atoms with van der Waals surface area (Å²) in [7, 11) is 0. The van der Waals surface area contributed by atoms with Gasteiger partial charge in [0.1, 0.15) is 0 Å². The summed E-state index contributed by atoms with van der Waals surface area (Å²) in [4.78, 5) is 18.3. The maximum Gasteiger partial charge on any atom is 0.255 e. The SMILES string of the molecule is Cc1ccc2[nH]c3c(c2c1)CCN(C(=O)c1cc(Cl)ccc1Cl)CC3. The monoisotopic (exact) mass is 372 g/mol. The minimum absolute atomic E-state index is 0.0573. The van der Waals surface area contributed by atoms with Gasteiger partial charge in [-0.3, -0.25) is 4.79 Å². The van der Waals surface area contributed by atoms with Gasteiger partial charge in [-0.1, -0.05) is 34.8 Å². The summed E-state index contributed by atoms with van der Waals surface area (Å²) < 4.78 is 0. The predicted octanol–water partition coefficient (Wildman–Crippen LogP) is 5.02. The van der Waals surface area contributed by atoms with Gasteiger partial charge in [0.15, 0.2) is 0 Å². The molecule has 4 rings (SSSR count). The minimum atomic E-state index is -0.0573. The lowest BCUT2D eigenvalue weighted by Gasteiger charge is -2.21. The molecule has 128 valence electrons. The van der Waals surface area contributed by atoms with E-state index in [1.165, 1.54) is 27.7 Å². The van der Waals surface area contributed by atoms with Gasteiger partial charge in [0.2, 0.25) is 0 Å². The number of aromatic amines is 1.